The summed E-state index contributed by atoms with van der Waals surface area (Å²) in [5.74, 6) is 6.61. The number of allylic oxidation sites excluding steroid dienone is 2. The van der Waals surface area contributed by atoms with E-state index in [1.54, 1.807) is 0 Å². The van der Waals surface area contributed by atoms with Crippen LogP contribution in [0.5, 0.6) is 0 Å². The van der Waals surface area contributed by atoms with Crippen molar-refractivity contribution in [2.24, 2.45) is 0 Å². The molecule has 1 aliphatic heterocycles. The van der Waals surface area contributed by atoms with Crippen LogP contribution in [0.15, 0.2) is 96.1 Å². The molecule has 0 N–H and O–H groups in total. The first-order valence-corrected chi connectivity index (χ1v) is 19.2. The van der Waals surface area contributed by atoms with Crippen molar-refractivity contribution in [3.05, 3.63) is 171 Å². The molecule has 0 radical (unpaired) electrons. The summed E-state index contributed by atoms with van der Waals surface area (Å²) in [4.78, 5) is 0. The molecular weight excluding hydrogens is 675 g/mol. The topological polar surface area (TPSA) is 25.3 Å². The van der Waals surface area contributed by atoms with E-state index in [0.29, 0.717) is 0 Å². The monoisotopic (exact) mass is 734 g/mol. The number of benzene rings is 4. The molecule has 2 nitrogen and oxygen atoms in total. The summed E-state index contributed by atoms with van der Waals surface area (Å²) in [5.41, 5.74) is 28.7. The van der Waals surface area contributed by atoms with Gasteiger partial charge in [0.2, 0.25) is 11.4 Å². The first kappa shape index (κ1) is 43.9. The van der Waals surface area contributed by atoms with Gasteiger partial charge in [0.25, 0.3) is 0 Å². The van der Waals surface area contributed by atoms with Gasteiger partial charge in [-0.25, -0.2) is 4.70 Å². The normalized spacial score (nSPS) is 11.9. The predicted octanol–water partition coefficient (Wildman–Crippen LogP) is 13.2. The molecule has 5 rings (SSSR count). The smallest absolute Gasteiger partial charge is 0.493 e. The predicted molar refractivity (Wildman–Crippen MR) is 221 cm³/mol. The van der Waals surface area contributed by atoms with Crippen molar-refractivity contribution in [1.29, 1.82) is 0 Å². The molecule has 0 unspecified atom stereocenters. The SMILES string of the molecule is CC#CC1=C(c2cc(CC)c(CC)c(CC)c2)[N+](=[N-])C(c2cc(CC)c(CC)c(CC)c2)=C1CCCC.[CH2-]c1ccccc1.[CH2-]c1ccccc1.[Ni+2]. The fourth-order valence-electron chi connectivity index (χ4n) is 7.02. The molecule has 4 aromatic rings. The second-order valence-electron chi connectivity index (χ2n) is 13.0. The van der Waals surface area contributed by atoms with Crippen LogP contribution in [-0.4, -0.2) is 4.70 Å². The largest absolute Gasteiger partial charge is 2.00 e. The molecule has 1 heterocycles. The summed E-state index contributed by atoms with van der Waals surface area (Å²) >= 11 is 0. The Bertz CT molecular complexity index is 1780. The van der Waals surface area contributed by atoms with Crippen molar-refractivity contribution in [2.75, 3.05) is 0 Å². The average Bonchev–Trinajstić information content (AvgIpc) is 3.43. The first-order valence-electron chi connectivity index (χ1n) is 19.2. The van der Waals surface area contributed by atoms with Gasteiger partial charge in [-0.3, -0.25) is 0 Å². The minimum absolute atomic E-state index is 0. The second kappa shape index (κ2) is 22.6. The maximum atomic E-state index is 12.0. The minimum atomic E-state index is 0. The van der Waals surface area contributed by atoms with Crippen LogP contribution < -0.4 is 0 Å². The molecule has 0 aromatic heterocycles. The maximum absolute atomic E-state index is 12.0. The summed E-state index contributed by atoms with van der Waals surface area (Å²) in [6.07, 6.45) is 9.10. The molecule has 0 aliphatic carbocycles. The molecular formula is C49H60N2Ni. The standard InChI is InChI=1S/C35H46N2.2C7H7.Ni/c1-9-17-19-33-32(18-10-2)34(28-20-24(11-3)30(15-7)25(12-4)21-28)37(36)35(33)29-22-26(13-5)31(16-8)27(14-6)23-29;2*1-7-5-3-2-4-6-7;/h20-23H,9,11-17,19H2,1-8H3;2*2-6H,1H2;/q;2*-1;+2. The van der Waals surface area contributed by atoms with Gasteiger partial charge in [0.05, 0.1) is 0 Å². The molecule has 0 amide bonds. The number of nitrogens with zero attached hydrogens (tertiary/aromatic N) is 2. The van der Waals surface area contributed by atoms with Crippen molar-refractivity contribution < 1.29 is 21.2 Å². The molecule has 52 heavy (non-hydrogen) atoms. The van der Waals surface area contributed by atoms with E-state index in [1.165, 1.54) is 43.7 Å². The Morgan fingerprint density at radius 2 is 0.962 bits per heavy atom. The van der Waals surface area contributed by atoms with Gasteiger partial charge >= 0.3 is 16.5 Å². The van der Waals surface area contributed by atoms with Crippen LogP contribution in [0.25, 0.3) is 16.9 Å². The van der Waals surface area contributed by atoms with Gasteiger partial charge in [-0.1, -0.05) is 72.9 Å². The van der Waals surface area contributed by atoms with E-state index < -0.39 is 0 Å². The minimum Gasteiger partial charge on any atom is -0.493 e. The van der Waals surface area contributed by atoms with E-state index in [-0.39, 0.29) is 16.5 Å². The Hall–Kier alpha value is -4.25. The molecule has 0 atom stereocenters. The molecule has 1 aliphatic rings. The molecule has 0 saturated carbocycles. The van der Waals surface area contributed by atoms with Gasteiger partial charge in [-0.05, 0) is 116 Å². The van der Waals surface area contributed by atoms with Crippen LogP contribution >= 0.6 is 0 Å². The quantitative estimate of drug-likeness (QED) is 0.0634. The van der Waals surface area contributed by atoms with Crippen LogP contribution in [0.4, 0.5) is 0 Å². The number of unbranched alkanes of at least 4 members (excludes halogenated alkanes) is 1. The third-order valence-electron chi connectivity index (χ3n) is 9.61. The zero-order valence-electron chi connectivity index (χ0n) is 33.1. The molecule has 0 bridgehead atoms. The summed E-state index contributed by atoms with van der Waals surface area (Å²) in [6, 6.07) is 29.0. The number of hydrogen-bond acceptors (Lipinski definition) is 0. The molecule has 0 saturated heterocycles. The number of aryl methyl sites for hydroxylation is 4. The molecule has 276 valence electrons. The van der Waals surface area contributed by atoms with Gasteiger partial charge < -0.3 is 5.53 Å². The van der Waals surface area contributed by atoms with Crippen molar-refractivity contribution in [3.8, 4) is 11.8 Å². The van der Waals surface area contributed by atoms with Crippen molar-refractivity contribution in [2.45, 2.75) is 113 Å². The van der Waals surface area contributed by atoms with Gasteiger partial charge in [-0.2, -0.15) is 49.2 Å². The van der Waals surface area contributed by atoms with E-state index >= 15 is 0 Å². The molecule has 3 heteroatoms. The van der Waals surface area contributed by atoms with Crippen LogP contribution in [-0.2, 0) is 55.0 Å². The molecule has 4 aromatic carbocycles. The Labute approximate surface area is 327 Å². The fraction of sp³-hybridized carbons (Fsp3) is 0.347. The Morgan fingerprint density at radius 1 is 0.577 bits per heavy atom. The molecule has 0 spiro atoms. The van der Waals surface area contributed by atoms with Crippen molar-refractivity contribution in [3.63, 3.8) is 0 Å². The van der Waals surface area contributed by atoms with Gasteiger partial charge in [0.15, 0.2) is 0 Å². The summed E-state index contributed by atoms with van der Waals surface area (Å²) in [7, 11) is 0. The van der Waals surface area contributed by atoms with Crippen LogP contribution in [0, 0.1) is 25.7 Å². The van der Waals surface area contributed by atoms with E-state index in [0.717, 1.165) is 97.0 Å². The number of rotatable bonds is 11. The summed E-state index contributed by atoms with van der Waals surface area (Å²) in [5, 5.41) is 0. The average molecular weight is 736 g/mol. The van der Waals surface area contributed by atoms with Crippen LogP contribution in [0.3, 0.4) is 0 Å². The zero-order chi connectivity index (χ0) is 37.3. The van der Waals surface area contributed by atoms with Crippen LogP contribution in [0.1, 0.15) is 130 Å². The Kier molecular flexibility index (Phi) is 19.1. The summed E-state index contributed by atoms with van der Waals surface area (Å²) < 4.78 is 1.48. The van der Waals surface area contributed by atoms with Crippen molar-refractivity contribution >= 4 is 11.4 Å². The number of hydrogen-bond donors (Lipinski definition) is 0. The van der Waals surface area contributed by atoms with E-state index in [4.69, 9.17) is 0 Å². The summed E-state index contributed by atoms with van der Waals surface area (Å²) in [6.45, 7) is 25.0. The third kappa shape index (κ3) is 11.1. The van der Waals surface area contributed by atoms with Crippen LogP contribution in [0.2, 0.25) is 0 Å². The zero-order valence-corrected chi connectivity index (χ0v) is 34.1. The van der Waals surface area contributed by atoms with Gasteiger partial charge in [0, 0.05) is 16.7 Å². The van der Waals surface area contributed by atoms with E-state index in [9.17, 15) is 5.53 Å². The fourth-order valence-corrected chi connectivity index (χ4v) is 7.02. The van der Waals surface area contributed by atoms with Gasteiger partial charge in [0.1, 0.15) is 5.57 Å². The van der Waals surface area contributed by atoms with Gasteiger partial charge in [-0.15, -0.1) is 30.2 Å². The third-order valence-corrected chi connectivity index (χ3v) is 9.61. The first-order chi connectivity index (χ1) is 24.7. The Balaban J connectivity index is 0.000000514. The second-order valence-corrected chi connectivity index (χ2v) is 13.0. The maximum Gasteiger partial charge on any atom is 2.00 e. The Morgan fingerprint density at radius 3 is 1.25 bits per heavy atom. The van der Waals surface area contributed by atoms with E-state index in [1.807, 2.05) is 67.6 Å². The molecule has 0 fully saturated rings. The van der Waals surface area contributed by atoms with E-state index in [2.05, 4.69) is 98.4 Å². The van der Waals surface area contributed by atoms with Crippen molar-refractivity contribution in [1.82, 2.24) is 0 Å².